The van der Waals surface area contributed by atoms with E-state index in [1.807, 2.05) is 30.5 Å². The van der Waals surface area contributed by atoms with Crippen molar-refractivity contribution in [3.63, 3.8) is 0 Å². The first-order valence-electron chi connectivity index (χ1n) is 5.87. The summed E-state index contributed by atoms with van der Waals surface area (Å²) >= 11 is 0. The average molecular weight is 228 g/mol. The highest BCUT2D eigenvalue weighted by molar-refractivity contribution is 5.30. The molecule has 0 aliphatic carbocycles. The Kier molecular flexibility index (Phi) is 3.59. The molecule has 1 atom stereocenters. The summed E-state index contributed by atoms with van der Waals surface area (Å²) in [6, 6.07) is 5.98. The predicted octanol–water partition coefficient (Wildman–Crippen LogP) is 1.85. The van der Waals surface area contributed by atoms with Crippen molar-refractivity contribution in [1.82, 2.24) is 9.88 Å². The number of pyridine rings is 1. The highest BCUT2D eigenvalue weighted by atomic mass is 15.2. The molecule has 1 radical (unpaired) electrons. The van der Waals surface area contributed by atoms with Crippen LogP contribution >= 0.6 is 0 Å². The van der Waals surface area contributed by atoms with E-state index in [1.54, 1.807) is 0 Å². The summed E-state index contributed by atoms with van der Waals surface area (Å²) < 4.78 is 0. The Hall–Kier alpha value is -1.61. The standard InChI is InChI=1S/C14H18N3/c1-2-17-12-6-4-8-14(17,9-10-15)13-7-3-5-11-16-13/h3-8,11-12H,1-2,9-10,15H2. The molecule has 0 fully saturated rings. The summed E-state index contributed by atoms with van der Waals surface area (Å²) in [5.41, 5.74) is 6.55. The number of aromatic nitrogens is 1. The van der Waals surface area contributed by atoms with Gasteiger partial charge < -0.3 is 10.6 Å². The molecule has 1 aromatic rings. The number of nitrogens with two attached hydrogens (primary N) is 1. The molecular formula is C14H18N3. The molecule has 1 aliphatic heterocycles. The first-order chi connectivity index (χ1) is 8.33. The van der Waals surface area contributed by atoms with Gasteiger partial charge in [0.1, 0.15) is 5.54 Å². The van der Waals surface area contributed by atoms with Crippen LogP contribution in [0.2, 0.25) is 0 Å². The summed E-state index contributed by atoms with van der Waals surface area (Å²) in [7, 11) is 0. The predicted molar refractivity (Wildman–Crippen MR) is 69.9 cm³/mol. The Morgan fingerprint density at radius 2 is 2.24 bits per heavy atom. The van der Waals surface area contributed by atoms with Gasteiger partial charge in [-0.2, -0.15) is 0 Å². The normalized spacial score (nSPS) is 23.1. The highest BCUT2D eigenvalue weighted by Gasteiger charge is 2.35. The van der Waals surface area contributed by atoms with Crippen LogP contribution in [0.25, 0.3) is 0 Å². The second kappa shape index (κ2) is 5.15. The summed E-state index contributed by atoms with van der Waals surface area (Å²) in [4.78, 5) is 6.66. The zero-order valence-electron chi connectivity index (χ0n) is 9.92. The van der Waals surface area contributed by atoms with Gasteiger partial charge >= 0.3 is 0 Å². The van der Waals surface area contributed by atoms with Gasteiger partial charge in [0.25, 0.3) is 0 Å². The van der Waals surface area contributed by atoms with Crippen molar-refractivity contribution < 1.29 is 0 Å². The lowest BCUT2D eigenvalue weighted by molar-refractivity contribution is 0.195. The van der Waals surface area contributed by atoms with E-state index in [0.29, 0.717) is 13.1 Å². The van der Waals surface area contributed by atoms with Crippen molar-refractivity contribution in [1.29, 1.82) is 0 Å². The Labute approximate surface area is 103 Å². The fourth-order valence-electron chi connectivity index (χ4n) is 2.30. The van der Waals surface area contributed by atoms with Crippen molar-refractivity contribution in [2.75, 3.05) is 13.1 Å². The van der Waals surface area contributed by atoms with E-state index in [0.717, 1.165) is 12.1 Å². The smallest absolute Gasteiger partial charge is 0.102 e. The van der Waals surface area contributed by atoms with Crippen molar-refractivity contribution >= 4 is 0 Å². The highest BCUT2D eigenvalue weighted by Crippen LogP contribution is 2.34. The minimum atomic E-state index is -0.244. The van der Waals surface area contributed by atoms with Gasteiger partial charge in [-0.1, -0.05) is 18.2 Å². The van der Waals surface area contributed by atoms with Gasteiger partial charge in [-0.05, 0) is 38.1 Å². The van der Waals surface area contributed by atoms with E-state index in [2.05, 4.69) is 35.2 Å². The second-order valence-electron chi connectivity index (χ2n) is 4.07. The number of allylic oxidation sites excluding steroid dienone is 2. The molecule has 17 heavy (non-hydrogen) atoms. The lowest BCUT2D eigenvalue weighted by Crippen LogP contribution is -2.44. The minimum absolute atomic E-state index is 0.244. The fraction of sp³-hybridized carbons (Fsp3) is 0.286. The molecule has 2 rings (SSSR count). The lowest BCUT2D eigenvalue weighted by Gasteiger charge is -2.42. The first-order valence-corrected chi connectivity index (χ1v) is 5.87. The van der Waals surface area contributed by atoms with Gasteiger partial charge in [0.15, 0.2) is 0 Å². The molecule has 0 aromatic carbocycles. The van der Waals surface area contributed by atoms with Crippen LogP contribution in [0.1, 0.15) is 12.1 Å². The fourth-order valence-corrected chi connectivity index (χ4v) is 2.30. The zero-order chi connectivity index (χ0) is 12.1. The summed E-state index contributed by atoms with van der Waals surface area (Å²) in [6.07, 6.45) is 10.9. The Balaban J connectivity index is 2.45. The molecule has 0 saturated heterocycles. The SMILES string of the molecule is [CH2]CN1C=CC=CC1(CCN)c1ccccn1. The summed E-state index contributed by atoms with van der Waals surface area (Å²) in [6.45, 7) is 5.29. The average Bonchev–Trinajstić information content (AvgIpc) is 2.40. The van der Waals surface area contributed by atoms with Crippen LogP contribution in [-0.4, -0.2) is 23.0 Å². The van der Waals surface area contributed by atoms with Crippen LogP contribution in [0.4, 0.5) is 0 Å². The Morgan fingerprint density at radius 1 is 1.35 bits per heavy atom. The molecule has 3 heteroatoms. The molecule has 0 bridgehead atoms. The van der Waals surface area contributed by atoms with Crippen LogP contribution < -0.4 is 5.73 Å². The van der Waals surface area contributed by atoms with Gasteiger partial charge in [0.2, 0.25) is 0 Å². The maximum Gasteiger partial charge on any atom is 0.102 e. The van der Waals surface area contributed by atoms with E-state index in [9.17, 15) is 0 Å². The first kappa shape index (κ1) is 11.9. The monoisotopic (exact) mass is 228 g/mol. The second-order valence-corrected chi connectivity index (χ2v) is 4.07. The summed E-state index contributed by atoms with van der Waals surface area (Å²) in [5, 5.41) is 0. The third kappa shape index (κ3) is 2.11. The number of hydrogen-bond donors (Lipinski definition) is 1. The van der Waals surface area contributed by atoms with Crippen LogP contribution in [0.15, 0.2) is 48.8 Å². The van der Waals surface area contributed by atoms with Crippen LogP contribution in [-0.2, 0) is 5.54 Å². The van der Waals surface area contributed by atoms with Crippen molar-refractivity contribution in [3.8, 4) is 0 Å². The molecule has 0 spiro atoms. The molecule has 1 aliphatic rings. The van der Waals surface area contributed by atoms with E-state index >= 15 is 0 Å². The van der Waals surface area contributed by atoms with Crippen LogP contribution in [0.3, 0.4) is 0 Å². The molecule has 89 valence electrons. The molecule has 2 heterocycles. The van der Waals surface area contributed by atoms with Gasteiger partial charge in [-0.25, -0.2) is 0 Å². The number of nitrogens with zero attached hydrogens (tertiary/aromatic N) is 2. The van der Waals surface area contributed by atoms with Gasteiger partial charge in [-0.15, -0.1) is 0 Å². The van der Waals surface area contributed by atoms with E-state index in [-0.39, 0.29) is 5.54 Å². The van der Waals surface area contributed by atoms with Crippen LogP contribution in [0.5, 0.6) is 0 Å². The maximum absolute atomic E-state index is 5.77. The molecule has 2 N–H and O–H groups in total. The van der Waals surface area contributed by atoms with Gasteiger partial charge in [-0.3, -0.25) is 4.98 Å². The van der Waals surface area contributed by atoms with Crippen molar-refractivity contribution in [3.05, 3.63) is 61.4 Å². The molecule has 0 amide bonds. The van der Waals surface area contributed by atoms with E-state index in [4.69, 9.17) is 5.73 Å². The zero-order valence-corrected chi connectivity index (χ0v) is 9.92. The van der Waals surface area contributed by atoms with Crippen LogP contribution in [0, 0.1) is 6.92 Å². The van der Waals surface area contributed by atoms with Crippen molar-refractivity contribution in [2.45, 2.75) is 12.0 Å². The topological polar surface area (TPSA) is 42.1 Å². The van der Waals surface area contributed by atoms with E-state index in [1.165, 1.54) is 0 Å². The molecule has 3 nitrogen and oxygen atoms in total. The maximum atomic E-state index is 5.77. The van der Waals surface area contributed by atoms with Gasteiger partial charge in [0, 0.05) is 18.9 Å². The van der Waals surface area contributed by atoms with Crippen molar-refractivity contribution in [2.24, 2.45) is 5.73 Å². The quantitative estimate of drug-likeness (QED) is 0.855. The Morgan fingerprint density at radius 3 is 2.88 bits per heavy atom. The number of rotatable bonds is 4. The third-order valence-electron chi connectivity index (χ3n) is 3.14. The lowest BCUT2D eigenvalue weighted by atomic mass is 9.86. The van der Waals surface area contributed by atoms with E-state index < -0.39 is 0 Å². The van der Waals surface area contributed by atoms with Gasteiger partial charge in [0.05, 0.1) is 5.69 Å². The number of hydrogen-bond acceptors (Lipinski definition) is 3. The summed E-state index contributed by atoms with van der Waals surface area (Å²) in [5.74, 6) is 0. The molecule has 0 saturated carbocycles. The largest absolute Gasteiger partial charge is 0.363 e. The molecular weight excluding hydrogens is 210 g/mol. The minimum Gasteiger partial charge on any atom is -0.363 e. The Bertz CT molecular complexity index is 411. The third-order valence-corrected chi connectivity index (χ3v) is 3.14. The molecule has 1 aromatic heterocycles. The molecule has 1 unspecified atom stereocenters.